The van der Waals surface area contributed by atoms with E-state index in [1.165, 1.54) is 7.11 Å². The van der Waals surface area contributed by atoms with Gasteiger partial charge in [0, 0.05) is 12.3 Å². The Hall–Kier alpha value is -2.08. The van der Waals surface area contributed by atoms with Crippen molar-refractivity contribution < 1.29 is 23.8 Å². The number of benzene rings is 1. The van der Waals surface area contributed by atoms with Crippen molar-refractivity contribution in [2.24, 2.45) is 0 Å². The maximum Gasteiger partial charge on any atom is 0.341 e. The molecule has 0 aliphatic heterocycles. The van der Waals surface area contributed by atoms with Crippen molar-refractivity contribution in [1.29, 1.82) is 0 Å². The molecule has 1 atom stereocenters. The number of methoxy groups -OCH3 is 1. The summed E-state index contributed by atoms with van der Waals surface area (Å²) in [4.78, 5) is 24.6. The van der Waals surface area contributed by atoms with Gasteiger partial charge in [-0.2, -0.15) is 0 Å². The Kier molecular flexibility index (Phi) is 8.41. The molecule has 6 nitrogen and oxygen atoms in total. The number of carbonyl (C=O) groups is 2. The lowest BCUT2D eigenvalue weighted by atomic mass is 9.99. The normalized spacial score (nSPS) is 13.0. The number of amides is 1. The van der Waals surface area contributed by atoms with Crippen LogP contribution in [-0.4, -0.2) is 37.8 Å². The van der Waals surface area contributed by atoms with Gasteiger partial charge in [0.05, 0.1) is 13.7 Å². The first-order chi connectivity index (χ1) is 11.9. The van der Waals surface area contributed by atoms with Crippen LogP contribution < -0.4 is 10.1 Å². The van der Waals surface area contributed by atoms with E-state index in [2.05, 4.69) is 5.32 Å². The first-order valence-electron chi connectivity index (χ1n) is 8.72. The van der Waals surface area contributed by atoms with Gasteiger partial charge in [-0.15, -0.1) is 0 Å². The monoisotopic (exact) mass is 351 g/mol. The number of anilines is 1. The molecule has 0 fully saturated rings. The van der Waals surface area contributed by atoms with Gasteiger partial charge >= 0.3 is 5.97 Å². The topological polar surface area (TPSA) is 73.9 Å². The minimum atomic E-state index is -0.910. The van der Waals surface area contributed by atoms with Crippen molar-refractivity contribution in [2.45, 2.75) is 52.6 Å². The zero-order valence-electron chi connectivity index (χ0n) is 15.8. The number of ether oxygens (including phenoxy) is 3. The Labute approximate surface area is 149 Å². The molecule has 0 saturated carbocycles. The summed E-state index contributed by atoms with van der Waals surface area (Å²) in [7, 11) is 1.31. The molecular weight excluding hydrogens is 322 g/mol. The Bertz CT molecular complexity index is 579. The molecule has 0 aliphatic carbocycles. The zero-order valence-corrected chi connectivity index (χ0v) is 15.8. The van der Waals surface area contributed by atoms with Crippen LogP contribution in [0, 0.1) is 0 Å². The summed E-state index contributed by atoms with van der Waals surface area (Å²) in [6, 6.07) is 4.93. The first-order valence-corrected chi connectivity index (χ1v) is 8.72. The third-order valence-electron chi connectivity index (χ3n) is 3.77. The molecule has 0 aliphatic rings. The second-order valence-electron chi connectivity index (χ2n) is 5.92. The SMILES string of the molecule is CCCOc1ccc(NC(=O)C(C)(CCC)OCC)cc1C(=O)OC. The highest BCUT2D eigenvalue weighted by molar-refractivity contribution is 5.99. The van der Waals surface area contributed by atoms with Crippen molar-refractivity contribution in [1.82, 2.24) is 0 Å². The van der Waals surface area contributed by atoms with Crippen molar-refractivity contribution in [2.75, 3.05) is 25.6 Å². The number of esters is 1. The Morgan fingerprint density at radius 2 is 1.88 bits per heavy atom. The van der Waals surface area contributed by atoms with E-state index in [-0.39, 0.29) is 11.5 Å². The summed E-state index contributed by atoms with van der Waals surface area (Å²) in [6.45, 7) is 8.55. The number of nitrogens with one attached hydrogen (secondary N) is 1. The lowest BCUT2D eigenvalue weighted by Gasteiger charge is -2.28. The molecule has 1 aromatic rings. The maximum atomic E-state index is 12.6. The second kappa shape index (κ2) is 10.0. The molecule has 1 amide bonds. The molecule has 1 aromatic carbocycles. The summed E-state index contributed by atoms with van der Waals surface area (Å²) < 4.78 is 16.0. The van der Waals surface area contributed by atoms with Crippen LogP contribution in [0.25, 0.3) is 0 Å². The minimum Gasteiger partial charge on any atom is -0.493 e. The van der Waals surface area contributed by atoms with E-state index in [0.29, 0.717) is 31.1 Å². The molecule has 0 spiro atoms. The van der Waals surface area contributed by atoms with Gasteiger partial charge in [-0.1, -0.05) is 20.3 Å². The molecule has 0 radical (unpaired) electrons. The third-order valence-corrected chi connectivity index (χ3v) is 3.77. The lowest BCUT2D eigenvalue weighted by Crippen LogP contribution is -2.42. The highest BCUT2D eigenvalue weighted by atomic mass is 16.5. The number of carbonyl (C=O) groups excluding carboxylic acids is 2. The van der Waals surface area contributed by atoms with Crippen LogP contribution in [0.3, 0.4) is 0 Å². The number of hydrogen-bond donors (Lipinski definition) is 1. The fourth-order valence-electron chi connectivity index (χ4n) is 2.53. The predicted molar refractivity (Wildman–Crippen MR) is 97.1 cm³/mol. The van der Waals surface area contributed by atoms with Crippen molar-refractivity contribution in [3.63, 3.8) is 0 Å². The Morgan fingerprint density at radius 3 is 2.44 bits per heavy atom. The standard InChI is InChI=1S/C19H29NO5/c1-6-11-19(4,25-8-3)18(22)20-14-9-10-16(24-12-7-2)15(13-14)17(21)23-5/h9-10,13H,6-8,11-12H2,1-5H3,(H,20,22). The molecule has 1 N–H and O–H groups in total. The largest absolute Gasteiger partial charge is 0.493 e. The van der Waals surface area contributed by atoms with Gasteiger partial charge in [0.15, 0.2) is 0 Å². The Morgan fingerprint density at radius 1 is 1.16 bits per heavy atom. The molecule has 0 aromatic heterocycles. The number of rotatable bonds is 10. The average Bonchev–Trinajstić information content (AvgIpc) is 2.60. The number of hydrogen-bond acceptors (Lipinski definition) is 5. The average molecular weight is 351 g/mol. The van der Waals surface area contributed by atoms with Crippen LogP contribution >= 0.6 is 0 Å². The van der Waals surface area contributed by atoms with E-state index in [1.807, 2.05) is 20.8 Å². The molecule has 0 heterocycles. The second-order valence-corrected chi connectivity index (χ2v) is 5.92. The van der Waals surface area contributed by atoms with Crippen molar-refractivity contribution >= 4 is 17.6 Å². The molecule has 1 unspecified atom stereocenters. The van der Waals surface area contributed by atoms with Crippen LogP contribution in [0.4, 0.5) is 5.69 Å². The summed E-state index contributed by atoms with van der Waals surface area (Å²) >= 11 is 0. The van der Waals surface area contributed by atoms with E-state index >= 15 is 0 Å². The molecule has 25 heavy (non-hydrogen) atoms. The third kappa shape index (κ3) is 5.74. The van der Waals surface area contributed by atoms with Crippen LogP contribution in [-0.2, 0) is 14.3 Å². The molecule has 6 heteroatoms. The van der Waals surface area contributed by atoms with Crippen LogP contribution in [0.15, 0.2) is 18.2 Å². The molecule has 0 saturated heterocycles. The van der Waals surface area contributed by atoms with Gasteiger partial charge in [0.2, 0.25) is 0 Å². The van der Waals surface area contributed by atoms with Gasteiger partial charge in [-0.05, 0) is 44.9 Å². The van der Waals surface area contributed by atoms with Crippen molar-refractivity contribution in [3.05, 3.63) is 23.8 Å². The van der Waals surface area contributed by atoms with Crippen LogP contribution in [0.1, 0.15) is 57.3 Å². The molecule has 140 valence electrons. The zero-order chi connectivity index (χ0) is 18.9. The van der Waals surface area contributed by atoms with Gasteiger partial charge < -0.3 is 19.5 Å². The summed E-state index contributed by atoms with van der Waals surface area (Å²) in [5, 5.41) is 2.83. The lowest BCUT2D eigenvalue weighted by molar-refractivity contribution is -0.139. The van der Waals surface area contributed by atoms with E-state index in [0.717, 1.165) is 12.8 Å². The van der Waals surface area contributed by atoms with E-state index in [1.54, 1.807) is 25.1 Å². The fraction of sp³-hybridized carbons (Fsp3) is 0.579. The van der Waals surface area contributed by atoms with Gasteiger partial charge in [0.25, 0.3) is 5.91 Å². The van der Waals surface area contributed by atoms with Gasteiger partial charge in [-0.25, -0.2) is 4.79 Å². The van der Waals surface area contributed by atoms with E-state index in [4.69, 9.17) is 14.2 Å². The van der Waals surface area contributed by atoms with Crippen LogP contribution in [0.5, 0.6) is 5.75 Å². The van der Waals surface area contributed by atoms with Gasteiger partial charge in [0.1, 0.15) is 16.9 Å². The Balaban J connectivity index is 3.05. The summed E-state index contributed by atoms with van der Waals surface area (Å²) in [5.41, 5.74) is -0.134. The smallest absolute Gasteiger partial charge is 0.341 e. The van der Waals surface area contributed by atoms with E-state index in [9.17, 15) is 9.59 Å². The van der Waals surface area contributed by atoms with Gasteiger partial charge in [-0.3, -0.25) is 4.79 Å². The quantitative estimate of drug-likeness (QED) is 0.649. The summed E-state index contributed by atoms with van der Waals surface area (Å²) in [6.07, 6.45) is 2.25. The summed E-state index contributed by atoms with van der Waals surface area (Å²) in [5.74, 6) is -0.314. The molecular formula is C19H29NO5. The highest BCUT2D eigenvalue weighted by Gasteiger charge is 2.33. The molecule has 1 rings (SSSR count). The minimum absolute atomic E-state index is 0.241. The molecule has 0 bridgehead atoms. The van der Waals surface area contributed by atoms with E-state index < -0.39 is 11.6 Å². The van der Waals surface area contributed by atoms with Crippen LogP contribution in [0.2, 0.25) is 0 Å². The predicted octanol–water partition coefficient (Wildman–Crippen LogP) is 3.80. The highest BCUT2D eigenvalue weighted by Crippen LogP contribution is 2.26. The maximum absolute atomic E-state index is 12.6. The van der Waals surface area contributed by atoms with Crippen molar-refractivity contribution in [3.8, 4) is 5.75 Å². The fourth-order valence-corrected chi connectivity index (χ4v) is 2.53. The first kappa shape index (κ1) is 21.0.